The summed E-state index contributed by atoms with van der Waals surface area (Å²) < 4.78 is 14.3. The van der Waals surface area contributed by atoms with E-state index < -0.39 is 0 Å². The smallest absolute Gasteiger partial charge is 0.131 e. The van der Waals surface area contributed by atoms with Gasteiger partial charge in [0.1, 0.15) is 11.6 Å². The number of rotatable bonds is 5. The van der Waals surface area contributed by atoms with Crippen LogP contribution in [0, 0.1) is 5.82 Å². The molecule has 0 bridgehead atoms. The Morgan fingerprint density at radius 2 is 1.96 bits per heavy atom. The van der Waals surface area contributed by atoms with Crippen molar-refractivity contribution >= 4 is 0 Å². The highest BCUT2D eigenvalue weighted by Crippen LogP contribution is 2.37. The number of aromatic amines is 1. The molecule has 134 valence electrons. The summed E-state index contributed by atoms with van der Waals surface area (Å²) in [6.07, 6.45) is 8.51. The fraction of sp³-hybridized carbons (Fsp3) is 0.350. The van der Waals surface area contributed by atoms with Gasteiger partial charge in [0.25, 0.3) is 0 Å². The summed E-state index contributed by atoms with van der Waals surface area (Å²) in [5.41, 5.74) is 3.52. The van der Waals surface area contributed by atoms with Crippen LogP contribution in [-0.2, 0) is 13.0 Å². The van der Waals surface area contributed by atoms with Crippen LogP contribution in [0.2, 0.25) is 0 Å². The molecule has 0 spiro atoms. The molecule has 1 atom stereocenters. The number of H-pyrrole nitrogens is 1. The van der Waals surface area contributed by atoms with Gasteiger partial charge in [-0.1, -0.05) is 25.1 Å². The van der Waals surface area contributed by atoms with Gasteiger partial charge in [0.15, 0.2) is 0 Å². The number of hydrogen-bond donors (Lipinski definition) is 1. The van der Waals surface area contributed by atoms with Gasteiger partial charge in [-0.25, -0.2) is 14.4 Å². The van der Waals surface area contributed by atoms with E-state index in [-0.39, 0.29) is 11.9 Å². The van der Waals surface area contributed by atoms with Gasteiger partial charge in [-0.05, 0) is 25.5 Å². The molecule has 1 aliphatic rings. The van der Waals surface area contributed by atoms with E-state index in [9.17, 15) is 4.39 Å². The minimum atomic E-state index is -0.219. The van der Waals surface area contributed by atoms with Crippen LogP contribution in [-0.4, -0.2) is 31.6 Å². The summed E-state index contributed by atoms with van der Waals surface area (Å²) in [5, 5.41) is 7.32. The molecule has 1 aromatic carbocycles. The molecule has 4 rings (SSSR count). The second kappa shape index (κ2) is 7.33. The molecule has 3 heterocycles. The minimum absolute atomic E-state index is 0.193. The van der Waals surface area contributed by atoms with Gasteiger partial charge in [0, 0.05) is 42.0 Å². The highest BCUT2D eigenvalue weighted by molar-refractivity contribution is 5.66. The SMILES string of the molecule is CCc1ncc(CN2CCC[C@H]2c2[nH]ncc2-c2ccccc2F)cn1. The van der Waals surface area contributed by atoms with Gasteiger partial charge >= 0.3 is 0 Å². The van der Waals surface area contributed by atoms with E-state index >= 15 is 0 Å². The van der Waals surface area contributed by atoms with Gasteiger partial charge in [0.05, 0.1) is 17.9 Å². The third kappa shape index (κ3) is 3.24. The first-order valence-electron chi connectivity index (χ1n) is 9.08. The second-order valence-electron chi connectivity index (χ2n) is 6.67. The normalized spacial score (nSPS) is 17.7. The molecular formula is C20H22FN5. The largest absolute Gasteiger partial charge is 0.290 e. The van der Waals surface area contributed by atoms with E-state index in [1.807, 2.05) is 25.4 Å². The second-order valence-corrected chi connectivity index (χ2v) is 6.67. The maximum Gasteiger partial charge on any atom is 0.131 e. The van der Waals surface area contributed by atoms with E-state index in [0.717, 1.165) is 55.0 Å². The Kier molecular flexibility index (Phi) is 4.75. The van der Waals surface area contributed by atoms with Gasteiger partial charge in [0.2, 0.25) is 0 Å². The molecular weight excluding hydrogens is 329 g/mol. The lowest BCUT2D eigenvalue weighted by atomic mass is 10.0. The minimum Gasteiger partial charge on any atom is -0.290 e. The van der Waals surface area contributed by atoms with Gasteiger partial charge in [-0.2, -0.15) is 5.10 Å². The first kappa shape index (κ1) is 16.8. The average molecular weight is 351 g/mol. The van der Waals surface area contributed by atoms with Crippen molar-refractivity contribution in [2.24, 2.45) is 0 Å². The highest BCUT2D eigenvalue weighted by Gasteiger charge is 2.30. The van der Waals surface area contributed by atoms with E-state index in [1.165, 1.54) is 6.07 Å². The lowest BCUT2D eigenvalue weighted by molar-refractivity contribution is 0.244. The number of aryl methyl sites for hydroxylation is 1. The van der Waals surface area contributed by atoms with Crippen molar-refractivity contribution in [3.8, 4) is 11.1 Å². The van der Waals surface area contributed by atoms with Crippen molar-refractivity contribution in [3.05, 3.63) is 65.8 Å². The van der Waals surface area contributed by atoms with Crippen molar-refractivity contribution in [2.75, 3.05) is 6.54 Å². The third-order valence-corrected chi connectivity index (χ3v) is 4.99. The van der Waals surface area contributed by atoms with Crippen LogP contribution in [0.5, 0.6) is 0 Å². The fourth-order valence-corrected chi connectivity index (χ4v) is 3.67. The lowest BCUT2D eigenvalue weighted by Gasteiger charge is -2.24. The molecule has 0 saturated carbocycles. The van der Waals surface area contributed by atoms with Crippen molar-refractivity contribution < 1.29 is 4.39 Å². The summed E-state index contributed by atoms with van der Waals surface area (Å²) >= 11 is 0. The lowest BCUT2D eigenvalue weighted by Crippen LogP contribution is -2.23. The molecule has 1 aliphatic heterocycles. The number of likely N-dealkylation sites (tertiary alicyclic amines) is 1. The number of nitrogens with one attached hydrogen (secondary N) is 1. The number of nitrogens with zero attached hydrogens (tertiary/aromatic N) is 4. The van der Waals surface area contributed by atoms with Crippen LogP contribution >= 0.6 is 0 Å². The fourth-order valence-electron chi connectivity index (χ4n) is 3.67. The Hall–Kier alpha value is -2.60. The molecule has 1 N–H and O–H groups in total. The molecule has 26 heavy (non-hydrogen) atoms. The Bertz CT molecular complexity index is 874. The van der Waals surface area contributed by atoms with E-state index in [2.05, 4.69) is 25.1 Å². The monoisotopic (exact) mass is 351 g/mol. The first-order chi connectivity index (χ1) is 12.8. The van der Waals surface area contributed by atoms with E-state index in [4.69, 9.17) is 0 Å². The maximum absolute atomic E-state index is 14.3. The number of aromatic nitrogens is 4. The van der Waals surface area contributed by atoms with Crippen LogP contribution in [0.1, 0.15) is 42.9 Å². The third-order valence-electron chi connectivity index (χ3n) is 4.99. The Balaban J connectivity index is 1.59. The highest BCUT2D eigenvalue weighted by atomic mass is 19.1. The molecule has 0 amide bonds. The van der Waals surface area contributed by atoms with Crippen LogP contribution < -0.4 is 0 Å². The van der Waals surface area contributed by atoms with Gasteiger partial charge < -0.3 is 0 Å². The van der Waals surface area contributed by atoms with Crippen molar-refractivity contribution in [1.82, 2.24) is 25.1 Å². The van der Waals surface area contributed by atoms with Gasteiger partial charge in [-0.15, -0.1) is 0 Å². The predicted octanol–water partition coefficient (Wildman–Crippen LogP) is 3.91. The molecule has 5 nitrogen and oxygen atoms in total. The Morgan fingerprint density at radius 3 is 2.73 bits per heavy atom. The predicted molar refractivity (Wildman–Crippen MR) is 97.8 cm³/mol. The van der Waals surface area contributed by atoms with Crippen LogP contribution in [0.15, 0.2) is 42.9 Å². The summed E-state index contributed by atoms with van der Waals surface area (Å²) in [4.78, 5) is 11.2. The number of hydrogen-bond acceptors (Lipinski definition) is 4. The van der Waals surface area contributed by atoms with E-state index in [0.29, 0.717) is 5.56 Å². The standard InChI is InChI=1S/C20H22FN5/c1-2-19-22-10-14(11-23-19)13-26-9-5-8-18(26)20-16(12-24-25-20)15-6-3-4-7-17(15)21/h3-4,6-7,10-12,18H,2,5,8-9,13H2,1H3,(H,24,25)/t18-/m0/s1. The number of halogens is 1. The summed E-state index contributed by atoms with van der Waals surface area (Å²) in [5.74, 6) is 0.644. The van der Waals surface area contributed by atoms with E-state index in [1.54, 1.807) is 18.3 Å². The zero-order chi connectivity index (χ0) is 17.9. The van der Waals surface area contributed by atoms with Gasteiger partial charge in [-0.3, -0.25) is 10.00 Å². The maximum atomic E-state index is 14.3. The molecule has 6 heteroatoms. The molecule has 3 aromatic rings. The Labute approximate surface area is 152 Å². The zero-order valence-corrected chi connectivity index (χ0v) is 14.8. The molecule has 2 aromatic heterocycles. The zero-order valence-electron chi connectivity index (χ0n) is 14.8. The average Bonchev–Trinajstić information content (AvgIpc) is 3.31. The van der Waals surface area contributed by atoms with Crippen molar-refractivity contribution in [1.29, 1.82) is 0 Å². The first-order valence-corrected chi connectivity index (χ1v) is 9.08. The molecule has 1 saturated heterocycles. The molecule has 1 fully saturated rings. The summed E-state index contributed by atoms with van der Waals surface area (Å²) in [6, 6.07) is 7.05. The van der Waals surface area contributed by atoms with Crippen LogP contribution in [0.25, 0.3) is 11.1 Å². The molecule has 0 aliphatic carbocycles. The Morgan fingerprint density at radius 1 is 1.15 bits per heavy atom. The van der Waals surface area contributed by atoms with Crippen LogP contribution in [0.4, 0.5) is 4.39 Å². The van der Waals surface area contributed by atoms with Crippen LogP contribution in [0.3, 0.4) is 0 Å². The van der Waals surface area contributed by atoms with Crippen molar-refractivity contribution in [3.63, 3.8) is 0 Å². The topological polar surface area (TPSA) is 57.7 Å². The summed E-state index contributed by atoms with van der Waals surface area (Å²) in [6.45, 7) is 3.83. The summed E-state index contributed by atoms with van der Waals surface area (Å²) in [7, 11) is 0. The van der Waals surface area contributed by atoms with Crippen molar-refractivity contribution in [2.45, 2.75) is 38.8 Å². The molecule has 0 unspecified atom stereocenters. The number of benzene rings is 1. The quantitative estimate of drug-likeness (QED) is 0.757. The molecule has 0 radical (unpaired) electrons.